The molecule has 7 heteroatoms. The van der Waals surface area contributed by atoms with Crippen molar-refractivity contribution in [1.29, 1.82) is 0 Å². The fraction of sp³-hybridized carbons (Fsp3) is 0.350. The van der Waals surface area contributed by atoms with Crippen LogP contribution in [0.3, 0.4) is 0 Å². The first kappa shape index (κ1) is 18.7. The third-order valence-electron chi connectivity index (χ3n) is 4.14. The molecule has 0 spiro atoms. The highest BCUT2D eigenvalue weighted by Crippen LogP contribution is 2.06. The first-order valence-corrected chi connectivity index (χ1v) is 9.38. The van der Waals surface area contributed by atoms with Crippen LogP contribution in [0.5, 0.6) is 0 Å². The molecule has 2 N–H and O–H groups in total. The number of nitrogens with zero attached hydrogens (tertiary/aromatic N) is 5. The largest absolute Gasteiger partial charge is 0.357 e. The van der Waals surface area contributed by atoms with E-state index in [4.69, 9.17) is 0 Å². The van der Waals surface area contributed by atoms with Crippen molar-refractivity contribution >= 4 is 5.96 Å². The standard InChI is InChI=1S/C20H27N7/c1-2-21-20(23-10-6-13-27-14-7-11-25-27)24-16-19-22-12-15-26(19)17-18-8-4-3-5-9-18/h3-5,7-9,11-12,14-15H,2,6,10,13,16-17H2,1H3,(H2,21,23,24). The average Bonchev–Trinajstić information content (AvgIpc) is 3.36. The molecule has 0 unspecified atom stereocenters. The summed E-state index contributed by atoms with van der Waals surface area (Å²) < 4.78 is 4.08. The van der Waals surface area contributed by atoms with E-state index in [9.17, 15) is 0 Å². The van der Waals surface area contributed by atoms with Crippen LogP contribution in [0.25, 0.3) is 0 Å². The molecular formula is C20H27N7. The van der Waals surface area contributed by atoms with Crippen molar-refractivity contribution in [3.8, 4) is 0 Å². The molecule has 7 nitrogen and oxygen atoms in total. The average molecular weight is 365 g/mol. The summed E-state index contributed by atoms with van der Waals surface area (Å²) in [5, 5.41) is 10.9. The highest BCUT2D eigenvalue weighted by Gasteiger charge is 2.04. The normalized spacial score (nSPS) is 11.5. The fourth-order valence-corrected chi connectivity index (χ4v) is 2.79. The van der Waals surface area contributed by atoms with Crippen LogP contribution in [0.15, 0.2) is 66.2 Å². The molecule has 3 rings (SSSR count). The lowest BCUT2D eigenvalue weighted by molar-refractivity contribution is 0.570. The smallest absolute Gasteiger partial charge is 0.191 e. The number of benzene rings is 1. The molecular weight excluding hydrogens is 338 g/mol. The van der Waals surface area contributed by atoms with Gasteiger partial charge in [-0.15, -0.1) is 0 Å². The first-order chi connectivity index (χ1) is 13.3. The molecule has 3 aromatic rings. The van der Waals surface area contributed by atoms with Crippen LogP contribution >= 0.6 is 0 Å². The summed E-state index contributed by atoms with van der Waals surface area (Å²) >= 11 is 0. The van der Waals surface area contributed by atoms with Crippen molar-refractivity contribution in [3.63, 3.8) is 0 Å². The molecule has 0 fully saturated rings. The van der Waals surface area contributed by atoms with E-state index in [1.165, 1.54) is 5.56 Å². The summed E-state index contributed by atoms with van der Waals surface area (Å²) in [4.78, 5) is 9.14. The van der Waals surface area contributed by atoms with Crippen molar-refractivity contribution in [2.75, 3.05) is 13.1 Å². The summed E-state index contributed by atoms with van der Waals surface area (Å²) in [7, 11) is 0. The quantitative estimate of drug-likeness (QED) is 0.347. The Balaban J connectivity index is 1.52. The van der Waals surface area contributed by atoms with Crippen molar-refractivity contribution in [2.45, 2.75) is 33.0 Å². The van der Waals surface area contributed by atoms with E-state index in [1.54, 1.807) is 6.20 Å². The lowest BCUT2D eigenvalue weighted by Crippen LogP contribution is -2.38. The van der Waals surface area contributed by atoms with Crippen LogP contribution < -0.4 is 10.6 Å². The zero-order valence-electron chi connectivity index (χ0n) is 15.8. The van der Waals surface area contributed by atoms with E-state index in [1.807, 2.05) is 35.4 Å². The maximum absolute atomic E-state index is 4.68. The Kier molecular flexibility index (Phi) is 7.03. The first-order valence-electron chi connectivity index (χ1n) is 9.38. The molecule has 27 heavy (non-hydrogen) atoms. The van der Waals surface area contributed by atoms with Crippen LogP contribution in [-0.2, 0) is 19.6 Å². The molecule has 0 radical (unpaired) electrons. The maximum Gasteiger partial charge on any atom is 0.191 e. The number of aryl methyl sites for hydroxylation is 1. The van der Waals surface area contributed by atoms with E-state index in [0.29, 0.717) is 6.54 Å². The minimum Gasteiger partial charge on any atom is -0.357 e. The zero-order chi connectivity index (χ0) is 18.7. The van der Waals surface area contributed by atoms with Gasteiger partial charge in [0.15, 0.2) is 5.96 Å². The Hall–Kier alpha value is -3.09. The second kappa shape index (κ2) is 10.2. The van der Waals surface area contributed by atoms with Gasteiger partial charge in [0.25, 0.3) is 0 Å². The second-order valence-corrected chi connectivity index (χ2v) is 6.20. The number of imidazole rings is 1. The van der Waals surface area contributed by atoms with Gasteiger partial charge < -0.3 is 15.2 Å². The van der Waals surface area contributed by atoms with Crippen molar-refractivity contribution in [1.82, 2.24) is 30.0 Å². The topological polar surface area (TPSA) is 72.1 Å². The monoisotopic (exact) mass is 365 g/mol. The number of nitrogens with one attached hydrogen (secondary N) is 2. The van der Waals surface area contributed by atoms with Gasteiger partial charge in [0, 0.05) is 51.0 Å². The lowest BCUT2D eigenvalue weighted by Gasteiger charge is -2.12. The zero-order valence-corrected chi connectivity index (χ0v) is 15.8. The number of aromatic nitrogens is 4. The third kappa shape index (κ3) is 5.99. The van der Waals surface area contributed by atoms with Gasteiger partial charge in [0.2, 0.25) is 0 Å². The van der Waals surface area contributed by atoms with Gasteiger partial charge in [-0.05, 0) is 25.0 Å². The number of guanidine groups is 1. The molecule has 0 amide bonds. The minimum atomic E-state index is 0.536. The number of aliphatic imine (C=N–C) groups is 1. The molecule has 0 aliphatic heterocycles. The highest BCUT2D eigenvalue weighted by atomic mass is 15.3. The van der Waals surface area contributed by atoms with Gasteiger partial charge in [-0.2, -0.15) is 5.10 Å². The predicted octanol–water partition coefficient (Wildman–Crippen LogP) is 2.27. The van der Waals surface area contributed by atoms with Crippen LogP contribution in [0.1, 0.15) is 24.7 Å². The molecule has 2 heterocycles. The van der Waals surface area contributed by atoms with Gasteiger partial charge in [-0.1, -0.05) is 30.3 Å². The van der Waals surface area contributed by atoms with Gasteiger partial charge in [0.1, 0.15) is 12.4 Å². The van der Waals surface area contributed by atoms with Crippen LogP contribution in [-0.4, -0.2) is 38.4 Å². The fourth-order valence-electron chi connectivity index (χ4n) is 2.79. The molecule has 1 aromatic carbocycles. The van der Waals surface area contributed by atoms with Crippen molar-refractivity contribution in [2.24, 2.45) is 4.99 Å². The van der Waals surface area contributed by atoms with Crippen LogP contribution in [0.2, 0.25) is 0 Å². The van der Waals surface area contributed by atoms with E-state index < -0.39 is 0 Å². The van der Waals surface area contributed by atoms with Crippen LogP contribution in [0.4, 0.5) is 0 Å². The molecule has 0 atom stereocenters. The molecule has 0 aliphatic rings. The third-order valence-corrected chi connectivity index (χ3v) is 4.14. The Morgan fingerprint density at radius 3 is 2.74 bits per heavy atom. The summed E-state index contributed by atoms with van der Waals surface area (Å²) in [6, 6.07) is 12.3. The van der Waals surface area contributed by atoms with Gasteiger partial charge in [-0.25, -0.2) is 9.98 Å². The Morgan fingerprint density at radius 2 is 1.96 bits per heavy atom. The number of hydrogen-bond donors (Lipinski definition) is 2. The number of rotatable bonds is 9. The van der Waals surface area contributed by atoms with E-state index in [2.05, 4.69) is 61.5 Å². The van der Waals surface area contributed by atoms with E-state index in [-0.39, 0.29) is 0 Å². The van der Waals surface area contributed by atoms with Crippen molar-refractivity contribution < 1.29 is 0 Å². The predicted molar refractivity (Wildman–Crippen MR) is 107 cm³/mol. The second-order valence-electron chi connectivity index (χ2n) is 6.20. The van der Waals surface area contributed by atoms with Gasteiger partial charge >= 0.3 is 0 Å². The van der Waals surface area contributed by atoms with Gasteiger partial charge in [0.05, 0.1) is 0 Å². The Morgan fingerprint density at radius 1 is 1.07 bits per heavy atom. The SMILES string of the molecule is CCNC(=NCc1nccn1Cc1ccccc1)NCCCn1cccn1. The summed E-state index contributed by atoms with van der Waals surface area (Å²) in [6.07, 6.45) is 8.59. The lowest BCUT2D eigenvalue weighted by atomic mass is 10.2. The molecule has 0 bridgehead atoms. The van der Waals surface area contributed by atoms with Crippen molar-refractivity contribution in [3.05, 3.63) is 72.6 Å². The highest BCUT2D eigenvalue weighted by molar-refractivity contribution is 5.79. The number of hydrogen-bond acceptors (Lipinski definition) is 3. The van der Waals surface area contributed by atoms with Gasteiger partial charge in [-0.3, -0.25) is 4.68 Å². The molecule has 0 saturated carbocycles. The van der Waals surface area contributed by atoms with E-state index in [0.717, 1.165) is 44.4 Å². The van der Waals surface area contributed by atoms with Crippen LogP contribution in [0, 0.1) is 0 Å². The molecule has 2 aromatic heterocycles. The maximum atomic E-state index is 4.68. The molecule has 142 valence electrons. The van der Waals surface area contributed by atoms with E-state index >= 15 is 0 Å². The Labute approximate surface area is 160 Å². The summed E-state index contributed by atoms with van der Waals surface area (Å²) in [5.41, 5.74) is 1.25. The Bertz CT molecular complexity index is 806. The summed E-state index contributed by atoms with van der Waals surface area (Å²) in [6.45, 7) is 5.96. The molecule has 0 saturated heterocycles. The summed E-state index contributed by atoms with van der Waals surface area (Å²) in [5.74, 6) is 1.76. The molecule has 0 aliphatic carbocycles. The minimum absolute atomic E-state index is 0.536.